The lowest BCUT2D eigenvalue weighted by Crippen LogP contribution is -2.43. The molecule has 0 bridgehead atoms. The fourth-order valence-electron chi connectivity index (χ4n) is 2.64. The largest absolute Gasteiger partial charge is 0.408 e. The van der Waals surface area contributed by atoms with E-state index in [-0.39, 0.29) is 23.7 Å². The van der Waals surface area contributed by atoms with E-state index in [1.165, 1.54) is 5.56 Å². The highest BCUT2D eigenvalue weighted by atomic mass is 28.4. The van der Waals surface area contributed by atoms with Crippen LogP contribution in [0.25, 0.3) is 0 Å². The minimum atomic E-state index is -1.84. The Labute approximate surface area is 129 Å². The van der Waals surface area contributed by atoms with Gasteiger partial charge in [0.15, 0.2) is 8.32 Å². The van der Waals surface area contributed by atoms with E-state index in [1.54, 1.807) is 0 Å². The normalized spacial score (nSPS) is 23.0. The van der Waals surface area contributed by atoms with E-state index in [0.29, 0.717) is 0 Å². The lowest BCUT2D eigenvalue weighted by Gasteiger charge is -2.41. The third-order valence-corrected chi connectivity index (χ3v) is 9.50. The quantitative estimate of drug-likeness (QED) is 0.858. The van der Waals surface area contributed by atoms with Crippen LogP contribution in [0.15, 0.2) is 12.1 Å². The van der Waals surface area contributed by atoms with Crippen LogP contribution in [0, 0.1) is 12.8 Å². The highest BCUT2D eigenvalue weighted by Gasteiger charge is 2.41. The first-order valence-corrected chi connectivity index (χ1v) is 10.8. The van der Waals surface area contributed by atoms with E-state index in [0.717, 1.165) is 24.2 Å². The molecule has 1 aromatic rings. The van der Waals surface area contributed by atoms with Crippen molar-refractivity contribution in [3.8, 4) is 0 Å². The molecule has 0 spiro atoms. The third kappa shape index (κ3) is 3.55. The van der Waals surface area contributed by atoms with Crippen LogP contribution in [-0.4, -0.2) is 25.0 Å². The molecular formula is C17H29NO2Si. The molecule has 2 atom stereocenters. The fourth-order valence-corrected chi connectivity index (χ4v) is 3.91. The molecule has 0 fully saturated rings. The van der Waals surface area contributed by atoms with Crippen molar-refractivity contribution in [1.29, 1.82) is 0 Å². The first-order chi connectivity index (χ1) is 9.64. The Balaban J connectivity index is 2.33. The number of pyridine rings is 1. The van der Waals surface area contributed by atoms with E-state index >= 15 is 0 Å². The monoisotopic (exact) mass is 307 g/mol. The van der Waals surface area contributed by atoms with Gasteiger partial charge in [-0.2, -0.15) is 0 Å². The number of aliphatic hydroxyl groups excluding tert-OH is 1. The summed E-state index contributed by atoms with van der Waals surface area (Å²) in [5.41, 5.74) is 3.39. The maximum absolute atomic E-state index is 9.58. The van der Waals surface area contributed by atoms with Crippen LogP contribution in [0.4, 0.5) is 0 Å². The summed E-state index contributed by atoms with van der Waals surface area (Å²) in [6, 6.07) is 4.21. The van der Waals surface area contributed by atoms with Crippen LogP contribution in [0.2, 0.25) is 18.1 Å². The van der Waals surface area contributed by atoms with E-state index in [2.05, 4.69) is 46.0 Å². The number of aryl methyl sites for hydroxylation is 1. The molecule has 3 nitrogen and oxygen atoms in total. The number of fused-ring (bicyclic) bond motifs is 1. The van der Waals surface area contributed by atoms with Crippen LogP contribution >= 0.6 is 0 Å². The van der Waals surface area contributed by atoms with Crippen LogP contribution in [-0.2, 0) is 10.8 Å². The van der Waals surface area contributed by atoms with Crippen LogP contribution in [0.1, 0.15) is 50.2 Å². The van der Waals surface area contributed by atoms with Crippen LogP contribution in [0.3, 0.4) is 0 Å². The molecule has 0 aromatic carbocycles. The summed E-state index contributed by atoms with van der Waals surface area (Å²) in [6.45, 7) is 13.6. The van der Waals surface area contributed by atoms with Gasteiger partial charge in [0.25, 0.3) is 0 Å². The first kappa shape index (κ1) is 16.7. The molecule has 0 unspecified atom stereocenters. The molecule has 0 aliphatic heterocycles. The standard InChI is InChI=1S/C17H29NO2Si/c1-12-7-8-14-9-13(11-19)10-15(16(14)18-12)20-21(5,6)17(2,3)4/h7-8,13,15,19H,9-11H2,1-6H3/t13-,15+/m1/s1. The van der Waals surface area contributed by atoms with Gasteiger partial charge in [-0.15, -0.1) is 0 Å². The lowest BCUT2D eigenvalue weighted by atomic mass is 9.85. The molecule has 118 valence electrons. The zero-order chi connectivity index (χ0) is 15.8. The fraction of sp³-hybridized carbons (Fsp3) is 0.706. The van der Waals surface area contributed by atoms with Gasteiger partial charge in [0.05, 0.1) is 11.8 Å². The Morgan fingerprint density at radius 1 is 1.33 bits per heavy atom. The van der Waals surface area contributed by atoms with Crippen molar-refractivity contribution in [2.75, 3.05) is 6.61 Å². The smallest absolute Gasteiger partial charge is 0.192 e. The molecule has 21 heavy (non-hydrogen) atoms. The molecule has 0 saturated carbocycles. The summed E-state index contributed by atoms with van der Waals surface area (Å²) in [4.78, 5) is 4.75. The van der Waals surface area contributed by atoms with Crippen molar-refractivity contribution >= 4 is 8.32 Å². The first-order valence-electron chi connectivity index (χ1n) is 7.89. The molecule has 0 amide bonds. The van der Waals surface area contributed by atoms with Crippen LogP contribution < -0.4 is 0 Å². The summed E-state index contributed by atoms with van der Waals surface area (Å²) >= 11 is 0. The highest BCUT2D eigenvalue weighted by Crippen LogP contribution is 2.43. The number of aromatic nitrogens is 1. The second-order valence-corrected chi connectivity index (χ2v) is 12.6. The minimum Gasteiger partial charge on any atom is -0.408 e. The van der Waals surface area contributed by atoms with Crippen LogP contribution in [0.5, 0.6) is 0 Å². The van der Waals surface area contributed by atoms with Gasteiger partial charge >= 0.3 is 0 Å². The Bertz CT molecular complexity index is 508. The lowest BCUT2D eigenvalue weighted by molar-refractivity contribution is 0.107. The van der Waals surface area contributed by atoms with Gasteiger partial charge < -0.3 is 9.53 Å². The number of hydrogen-bond donors (Lipinski definition) is 1. The zero-order valence-corrected chi connectivity index (χ0v) is 15.2. The molecule has 0 saturated heterocycles. The zero-order valence-electron chi connectivity index (χ0n) is 14.2. The predicted molar refractivity (Wildman–Crippen MR) is 88.9 cm³/mol. The second-order valence-electron chi connectivity index (χ2n) is 7.85. The maximum atomic E-state index is 9.58. The maximum Gasteiger partial charge on any atom is 0.192 e. The van der Waals surface area contributed by atoms with Crippen molar-refractivity contribution in [2.24, 2.45) is 5.92 Å². The Morgan fingerprint density at radius 2 is 2.00 bits per heavy atom. The summed E-state index contributed by atoms with van der Waals surface area (Å²) in [5, 5.41) is 9.77. The van der Waals surface area contributed by atoms with E-state index in [4.69, 9.17) is 9.41 Å². The van der Waals surface area contributed by atoms with Crippen molar-refractivity contribution in [3.63, 3.8) is 0 Å². The van der Waals surface area contributed by atoms with Crippen molar-refractivity contribution in [3.05, 3.63) is 29.1 Å². The number of rotatable bonds is 3. The van der Waals surface area contributed by atoms with E-state index in [1.807, 2.05) is 6.92 Å². The highest BCUT2D eigenvalue weighted by molar-refractivity contribution is 6.74. The van der Waals surface area contributed by atoms with Gasteiger partial charge in [-0.05, 0) is 55.4 Å². The van der Waals surface area contributed by atoms with Crippen molar-refractivity contribution in [1.82, 2.24) is 4.98 Å². The minimum absolute atomic E-state index is 0.0340. The molecular weight excluding hydrogens is 278 g/mol. The average molecular weight is 308 g/mol. The van der Waals surface area contributed by atoms with Gasteiger partial charge in [-0.25, -0.2) is 0 Å². The molecule has 2 rings (SSSR count). The van der Waals surface area contributed by atoms with Crippen molar-refractivity contribution in [2.45, 2.75) is 64.8 Å². The molecule has 1 aromatic heterocycles. The predicted octanol–water partition coefficient (Wildman–Crippen LogP) is 4.01. The van der Waals surface area contributed by atoms with E-state index in [9.17, 15) is 5.11 Å². The topological polar surface area (TPSA) is 42.4 Å². The SMILES string of the molecule is Cc1ccc2c(n1)[C@@H](O[Si](C)(C)C(C)(C)C)C[C@H](CO)C2. The Hall–Kier alpha value is -0.713. The van der Waals surface area contributed by atoms with Gasteiger partial charge in [0, 0.05) is 12.3 Å². The summed E-state index contributed by atoms with van der Waals surface area (Å²) in [6.07, 6.45) is 1.83. The molecule has 1 aliphatic carbocycles. The van der Waals surface area contributed by atoms with Gasteiger partial charge in [-0.1, -0.05) is 26.8 Å². The molecule has 1 aliphatic rings. The van der Waals surface area contributed by atoms with E-state index < -0.39 is 8.32 Å². The third-order valence-electron chi connectivity index (χ3n) is 5.01. The number of nitrogens with zero attached hydrogens (tertiary/aromatic N) is 1. The average Bonchev–Trinajstić information content (AvgIpc) is 2.37. The molecule has 1 heterocycles. The number of hydrogen-bond acceptors (Lipinski definition) is 3. The summed E-state index contributed by atoms with van der Waals surface area (Å²) in [5.74, 6) is 0.289. The van der Waals surface area contributed by atoms with Crippen molar-refractivity contribution < 1.29 is 9.53 Å². The van der Waals surface area contributed by atoms with Gasteiger partial charge in [0.2, 0.25) is 0 Å². The van der Waals surface area contributed by atoms with Gasteiger partial charge in [0.1, 0.15) is 0 Å². The molecule has 1 N–H and O–H groups in total. The van der Waals surface area contributed by atoms with Gasteiger partial charge in [-0.3, -0.25) is 4.98 Å². The Kier molecular flexibility index (Phi) is 4.62. The second kappa shape index (κ2) is 5.82. The summed E-state index contributed by atoms with van der Waals surface area (Å²) < 4.78 is 6.62. The Morgan fingerprint density at radius 3 is 2.57 bits per heavy atom. The summed E-state index contributed by atoms with van der Waals surface area (Å²) in [7, 11) is -1.84. The number of aliphatic hydroxyl groups is 1. The molecule has 0 radical (unpaired) electrons. The molecule has 4 heteroatoms.